The maximum atomic E-state index is 13.7. The predicted octanol–water partition coefficient (Wildman–Crippen LogP) is 17.9. The molecule has 24 heteroatoms. The van der Waals surface area contributed by atoms with Crippen molar-refractivity contribution in [2.45, 2.75) is 157 Å². The van der Waals surface area contributed by atoms with Crippen molar-refractivity contribution in [2.75, 3.05) is 21.3 Å². The van der Waals surface area contributed by atoms with Crippen LogP contribution >= 0.6 is 0 Å². The molecule has 0 radical (unpaired) electrons. The molecule has 574 valence electrons. The average molecular weight is 1520 g/mol. The molecule has 114 heavy (non-hydrogen) atoms. The number of pyridine rings is 4. The number of para-hydroxylation sites is 1. The zero-order chi connectivity index (χ0) is 78.9. The maximum absolute atomic E-state index is 13.7. The van der Waals surface area contributed by atoms with Crippen molar-refractivity contribution in [1.29, 1.82) is 0 Å². The second kappa shape index (κ2) is 30.0. The van der Waals surface area contributed by atoms with Crippen LogP contribution in [0.15, 0.2) is 203 Å². The molecule has 24 nitrogen and oxygen atoms in total. The van der Waals surface area contributed by atoms with E-state index in [1.807, 2.05) is 203 Å². The number of hydrogen-bond donors (Lipinski definition) is 8. The third-order valence-electron chi connectivity index (χ3n) is 22.5. The van der Waals surface area contributed by atoms with Crippen LogP contribution in [0.4, 0.5) is 23.3 Å². The first-order valence-corrected chi connectivity index (χ1v) is 39.1. The third kappa shape index (κ3) is 13.8. The van der Waals surface area contributed by atoms with E-state index in [2.05, 4.69) is 126 Å². The quantitative estimate of drug-likeness (QED) is 0.0446. The van der Waals surface area contributed by atoms with E-state index >= 15 is 0 Å². The Bertz CT molecular complexity index is 6650. The fraction of sp³-hybridized carbons (Fsp3) is 0.267. The van der Waals surface area contributed by atoms with E-state index in [9.17, 15) is 19.2 Å². The highest BCUT2D eigenvalue weighted by atomic mass is 16.1. The Balaban J connectivity index is 0.000000110. The molecule has 12 heterocycles. The monoisotopic (exact) mass is 1510 g/mol. The highest BCUT2D eigenvalue weighted by molar-refractivity contribution is 5.94. The van der Waals surface area contributed by atoms with Gasteiger partial charge >= 0.3 is 0 Å². The lowest BCUT2D eigenvalue weighted by Gasteiger charge is -2.22. The molecule has 0 spiro atoms. The normalized spacial score (nSPS) is 14.5. The van der Waals surface area contributed by atoms with Gasteiger partial charge in [-0.15, -0.1) is 0 Å². The second-order valence-electron chi connectivity index (χ2n) is 30.8. The van der Waals surface area contributed by atoms with Crippen molar-refractivity contribution in [1.82, 2.24) is 78.1 Å². The van der Waals surface area contributed by atoms with Gasteiger partial charge in [0.05, 0.1) is 67.3 Å². The molecule has 0 amide bonds. The Labute approximate surface area is 655 Å². The zero-order valence-electron chi connectivity index (χ0n) is 65.6. The summed E-state index contributed by atoms with van der Waals surface area (Å²) in [7, 11) is 0. The number of aromatic amines is 4. The third-order valence-corrected chi connectivity index (χ3v) is 22.5. The molecule has 4 atom stereocenters. The van der Waals surface area contributed by atoms with Crippen LogP contribution in [-0.4, -0.2) is 78.1 Å². The summed E-state index contributed by atoms with van der Waals surface area (Å²) < 4.78 is 7.78. The predicted molar refractivity (Wildman–Crippen MR) is 456 cm³/mol. The molecule has 0 aliphatic heterocycles. The number of fused-ring (bicyclic) bond motifs is 8. The van der Waals surface area contributed by atoms with E-state index in [0.29, 0.717) is 18.1 Å². The lowest BCUT2D eigenvalue weighted by atomic mass is 10.0. The second-order valence-corrected chi connectivity index (χ2v) is 30.8. The van der Waals surface area contributed by atoms with Crippen molar-refractivity contribution in [2.24, 2.45) is 0 Å². The number of benzene rings is 5. The summed E-state index contributed by atoms with van der Waals surface area (Å²) in [5.74, 6) is 3.09. The van der Waals surface area contributed by atoms with Gasteiger partial charge in [0, 0.05) is 71.4 Å². The van der Waals surface area contributed by atoms with Crippen molar-refractivity contribution in [3.8, 4) is 5.69 Å². The van der Waals surface area contributed by atoms with Gasteiger partial charge in [-0.2, -0.15) is 0 Å². The Morgan fingerprint density at radius 1 is 0.325 bits per heavy atom. The zero-order valence-corrected chi connectivity index (χ0v) is 65.6. The van der Waals surface area contributed by atoms with Crippen molar-refractivity contribution < 1.29 is 0 Å². The summed E-state index contributed by atoms with van der Waals surface area (Å²) in [6.07, 6.45) is 20.2. The summed E-state index contributed by atoms with van der Waals surface area (Å²) >= 11 is 0. The van der Waals surface area contributed by atoms with Gasteiger partial charge in [0.2, 0.25) is 0 Å². The highest BCUT2D eigenvalue weighted by Crippen LogP contribution is 2.42. The molecule has 3 aliphatic rings. The van der Waals surface area contributed by atoms with Crippen LogP contribution in [0.5, 0.6) is 0 Å². The molecule has 3 aliphatic carbocycles. The number of aryl methyl sites for hydroxylation is 7. The molecule has 8 N–H and O–H groups in total. The Morgan fingerprint density at radius 3 is 1.00 bits per heavy atom. The SMILES string of the molecule is Cc1c[nH]c2ncnc(N[C@@H](C)c3cc4cccc(C)c4c(=O)n3-c3ccccc3)c12.Cc1c[nH]c2ncnc(N[C@@H](C)c3cc4cccc(C)c4c(=O)n3C3CC3)c12.Cc1c[nH]c2ncnc(N[C@@H](C)c3cc4cccc(C)c4c(=O)n3C3CC3)c12.Cc1cccc2cc([C@H](C)Nc3ncnc4[nH]ccc34)n(C3CC3)c(=O)c12. The minimum absolute atomic E-state index is 0.0175. The van der Waals surface area contributed by atoms with E-state index in [1.54, 1.807) is 29.9 Å². The number of H-pyrrole nitrogens is 4. The molecule has 20 rings (SSSR count). The van der Waals surface area contributed by atoms with Gasteiger partial charge in [0.15, 0.2) is 0 Å². The molecule has 0 bridgehead atoms. The van der Waals surface area contributed by atoms with Gasteiger partial charge in [-0.1, -0.05) is 91.0 Å². The molecule has 3 fully saturated rings. The Kier molecular flexibility index (Phi) is 19.3. The topological polar surface area (TPSA) is 302 Å². The van der Waals surface area contributed by atoms with E-state index in [4.69, 9.17) is 0 Å². The molecular weight excluding hydrogens is 1430 g/mol. The largest absolute Gasteiger partial charge is 0.361 e. The maximum Gasteiger partial charge on any atom is 0.263 e. The minimum atomic E-state index is -0.176. The van der Waals surface area contributed by atoms with E-state index in [1.165, 1.54) is 0 Å². The molecule has 0 unspecified atom stereocenters. The van der Waals surface area contributed by atoms with Crippen LogP contribution in [-0.2, 0) is 0 Å². The van der Waals surface area contributed by atoms with Crippen LogP contribution in [0.1, 0.15) is 170 Å². The minimum Gasteiger partial charge on any atom is -0.361 e. The Morgan fingerprint density at radius 2 is 0.640 bits per heavy atom. The van der Waals surface area contributed by atoms with Crippen LogP contribution in [0.25, 0.3) is 92.9 Å². The molecule has 3 saturated carbocycles. The molecule has 17 aromatic rings. The van der Waals surface area contributed by atoms with E-state index in [0.717, 1.165) is 216 Å². The lowest BCUT2D eigenvalue weighted by molar-refractivity contribution is 0.636. The first-order valence-electron chi connectivity index (χ1n) is 39.1. The first kappa shape index (κ1) is 73.4. The summed E-state index contributed by atoms with van der Waals surface area (Å²) in [5, 5.41) is 25.1. The molecular formula is C90H90N20O4. The molecule has 0 saturated heterocycles. The number of hydrogen-bond acceptors (Lipinski definition) is 16. The van der Waals surface area contributed by atoms with Crippen molar-refractivity contribution in [3.05, 3.63) is 287 Å². The summed E-state index contributed by atoms with van der Waals surface area (Å²) in [6.45, 7) is 22.4. The Hall–Kier alpha value is -13.4. The van der Waals surface area contributed by atoms with Gasteiger partial charge in [0.1, 0.15) is 71.2 Å². The lowest BCUT2D eigenvalue weighted by Crippen LogP contribution is -2.26. The number of nitrogens with one attached hydrogen (secondary N) is 8. The van der Waals surface area contributed by atoms with E-state index < -0.39 is 0 Å². The standard InChI is InChI=1S/C25H23N5O.2C22H23N5O.C21H21N5O/c1-15-8-7-9-18-12-20(30(25(31)21(15)18)19-10-5-4-6-11-19)17(3)29-24-22-16(2)13-26-23(22)27-14-28-24;2*1-12-5-4-6-15-9-17(27(16-7-8-16)22(28)18(12)15)14(3)26-21-19-13(2)10-23-20(19)24-11-25-21;1-12-4-3-5-14-10-17(26(15-6-7-15)21(27)18(12)14)13(2)25-20-16-8-9-22-19(16)23-11-24-20/h4-14,17H,1-3H3,(H2,26,27,28,29);2*4-6,9-11,14,16H,7-8H2,1-3H3,(H2,23,24,25,26);3-5,8-11,13,15H,6-7H2,1-2H3,(H2,22,23,24,25)/t17-;2*14-;13-/m0000/s1. The van der Waals surface area contributed by atoms with Crippen LogP contribution in [0, 0.1) is 48.5 Å². The number of rotatable bonds is 16. The van der Waals surface area contributed by atoms with Crippen LogP contribution in [0.3, 0.4) is 0 Å². The summed E-state index contributed by atoms with van der Waals surface area (Å²) in [6, 6.07) is 44.9. The fourth-order valence-electron chi connectivity index (χ4n) is 16.3. The number of aromatic nitrogens is 16. The van der Waals surface area contributed by atoms with Crippen LogP contribution in [0.2, 0.25) is 0 Å². The van der Waals surface area contributed by atoms with Crippen molar-refractivity contribution in [3.63, 3.8) is 0 Å². The number of nitrogens with zero attached hydrogens (tertiary/aromatic N) is 12. The highest BCUT2D eigenvalue weighted by Gasteiger charge is 2.33. The number of anilines is 4. The first-order chi connectivity index (χ1) is 55.3. The van der Waals surface area contributed by atoms with Gasteiger partial charge in [0.25, 0.3) is 22.2 Å². The van der Waals surface area contributed by atoms with Crippen LogP contribution < -0.4 is 43.5 Å². The van der Waals surface area contributed by atoms with Gasteiger partial charge in [-0.05, 0) is 218 Å². The fourth-order valence-corrected chi connectivity index (χ4v) is 16.3. The van der Waals surface area contributed by atoms with Gasteiger partial charge < -0.3 is 54.9 Å². The van der Waals surface area contributed by atoms with Gasteiger partial charge in [-0.3, -0.25) is 23.7 Å². The van der Waals surface area contributed by atoms with Gasteiger partial charge in [-0.25, -0.2) is 39.9 Å². The van der Waals surface area contributed by atoms with Crippen molar-refractivity contribution >= 4 is 110 Å². The van der Waals surface area contributed by atoms with E-state index in [-0.39, 0.29) is 46.4 Å². The molecule has 5 aromatic carbocycles. The summed E-state index contributed by atoms with van der Waals surface area (Å²) in [5.41, 5.74) is 15.6. The average Bonchev–Trinajstić information content (AvgIpc) is 1.39. The summed E-state index contributed by atoms with van der Waals surface area (Å²) in [4.78, 5) is 101. The molecule has 12 aromatic heterocycles. The smallest absolute Gasteiger partial charge is 0.263 e.